The summed E-state index contributed by atoms with van der Waals surface area (Å²) in [6, 6.07) is 0. The Balaban J connectivity index is 3.60. The van der Waals surface area contributed by atoms with E-state index in [1.54, 1.807) is 6.08 Å². The molecule has 0 aromatic carbocycles. The second kappa shape index (κ2) is 12.4. The van der Waals surface area contributed by atoms with E-state index in [-0.39, 0.29) is 0 Å². The molecule has 0 spiro atoms. The van der Waals surface area contributed by atoms with Crippen molar-refractivity contribution in [2.45, 2.75) is 58.8 Å². The van der Waals surface area contributed by atoms with E-state index in [0.717, 1.165) is 25.8 Å². The van der Waals surface area contributed by atoms with Gasteiger partial charge in [0, 0.05) is 6.54 Å². The third-order valence-electron chi connectivity index (χ3n) is 2.71. The van der Waals surface area contributed by atoms with Gasteiger partial charge in [0.05, 0.1) is 0 Å². The molecule has 2 heteroatoms. The normalized spacial score (nSPS) is 11.8. The summed E-state index contributed by atoms with van der Waals surface area (Å²) < 4.78 is 0. The zero-order valence-electron chi connectivity index (χ0n) is 10.9. The van der Waals surface area contributed by atoms with Gasteiger partial charge < -0.3 is 5.32 Å². The molecule has 0 saturated heterocycles. The van der Waals surface area contributed by atoms with Crippen LogP contribution in [0, 0.1) is 0 Å². The second-order valence-corrected chi connectivity index (χ2v) is 4.30. The van der Waals surface area contributed by atoms with E-state index in [4.69, 9.17) is 0 Å². The van der Waals surface area contributed by atoms with E-state index in [0.29, 0.717) is 0 Å². The molecule has 0 atom stereocenters. The predicted octanol–water partition coefficient (Wildman–Crippen LogP) is 3.47. The average molecular weight is 225 g/mol. The Morgan fingerprint density at radius 3 is 2.38 bits per heavy atom. The van der Waals surface area contributed by atoms with Crippen molar-refractivity contribution < 1.29 is 4.79 Å². The van der Waals surface area contributed by atoms with E-state index in [1.807, 2.05) is 0 Å². The Morgan fingerprint density at radius 1 is 1.06 bits per heavy atom. The average Bonchev–Trinajstić information content (AvgIpc) is 2.29. The summed E-state index contributed by atoms with van der Waals surface area (Å²) in [6.07, 6.45) is 11.2. The standard InChI is InChI=1S/C14H27NO/c1-3-5-7-9-14(10-12-16)13-15-11-8-6-4-2/h10,12,15H,3-9,11,13H2,1-2H3/b14-10-. The summed E-state index contributed by atoms with van der Waals surface area (Å²) in [6.45, 7) is 6.36. The van der Waals surface area contributed by atoms with Gasteiger partial charge in [0.15, 0.2) is 0 Å². The quantitative estimate of drug-likeness (QED) is 0.331. The van der Waals surface area contributed by atoms with Crippen molar-refractivity contribution in [1.82, 2.24) is 5.32 Å². The maximum atomic E-state index is 10.5. The van der Waals surface area contributed by atoms with Gasteiger partial charge in [-0.2, -0.15) is 0 Å². The van der Waals surface area contributed by atoms with E-state index >= 15 is 0 Å². The van der Waals surface area contributed by atoms with Crippen LogP contribution < -0.4 is 5.32 Å². The van der Waals surface area contributed by atoms with Crippen LogP contribution in [0.5, 0.6) is 0 Å². The lowest BCUT2D eigenvalue weighted by Gasteiger charge is -2.08. The maximum Gasteiger partial charge on any atom is 0.142 e. The molecule has 0 aromatic rings. The van der Waals surface area contributed by atoms with Gasteiger partial charge in [-0.25, -0.2) is 0 Å². The van der Waals surface area contributed by atoms with Gasteiger partial charge in [-0.15, -0.1) is 0 Å². The molecule has 0 saturated carbocycles. The minimum atomic E-state index is 0.881. The van der Waals surface area contributed by atoms with Crippen molar-refractivity contribution in [3.05, 3.63) is 11.6 Å². The van der Waals surface area contributed by atoms with E-state index in [2.05, 4.69) is 19.2 Å². The first-order chi connectivity index (χ1) is 7.85. The number of allylic oxidation sites excluding steroid dienone is 1. The highest BCUT2D eigenvalue weighted by Gasteiger charge is 1.97. The van der Waals surface area contributed by atoms with E-state index in [1.165, 1.54) is 44.1 Å². The molecule has 2 nitrogen and oxygen atoms in total. The minimum absolute atomic E-state index is 0.881. The van der Waals surface area contributed by atoms with Crippen molar-refractivity contribution >= 4 is 6.29 Å². The lowest BCUT2D eigenvalue weighted by atomic mass is 10.1. The van der Waals surface area contributed by atoms with Gasteiger partial charge >= 0.3 is 0 Å². The van der Waals surface area contributed by atoms with Crippen LogP contribution in [-0.2, 0) is 4.79 Å². The number of carbonyl (C=O) groups excluding carboxylic acids is 1. The first-order valence-electron chi connectivity index (χ1n) is 6.69. The van der Waals surface area contributed by atoms with Crippen molar-refractivity contribution in [1.29, 1.82) is 0 Å². The molecule has 0 radical (unpaired) electrons. The van der Waals surface area contributed by atoms with Gasteiger partial charge in [-0.3, -0.25) is 4.79 Å². The van der Waals surface area contributed by atoms with Crippen molar-refractivity contribution in [3.8, 4) is 0 Å². The van der Waals surface area contributed by atoms with Crippen molar-refractivity contribution in [2.75, 3.05) is 13.1 Å². The molecule has 0 unspecified atom stereocenters. The summed E-state index contributed by atoms with van der Waals surface area (Å²) in [4.78, 5) is 10.5. The summed E-state index contributed by atoms with van der Waals surface area (Å²) >= 11 is 0. The van der Waals surface area contributed by atoms with E-state index < -0.39 is 0 Å². The van der Waals surface area contributed by atoms with Gasteiger partial charge in [0.1, 0.15) is 6.29 Å². The lowest BCUT2D eigenvalue weighted by molar-refractivity contribution is -0.104. The number of rotatable bonds is 11. The third-order valence-corrected chi connectivity index (χ3v) is 2.71. The van der Waals surface area contributed by atoms with Crippen LogP contribution in [-0.4, -0.2) is 19.4 Å². The fourth-order valence-corrected chi connectivity index (χ4v) is 1.68. The Bertz CT molecular complexity index is 187. The topological polar surface area (TPSA) is 29.1 Å². The first-order valence-corrected chi connectivity index (χ1v) is 6.69. The van der Waals surface area contributed by atoms with Gasteiger partial charge in [0.25, 0.3) is 0 Å². The van der Waals surface area contributed by atoms with Crippen molar-refractivity contribution in [2.24, 2.45) is 0 Å². The molecule has 1 N–H and O–H groups in total. The lowest BCUT2D eigenvalue weighted by Crippen LogP contribution is -2.18. The van der Waals surface area contributed by atoms with Crippen LogP contribution in [0.4, 0.5) is 0 Å². The smallest absolute Gasteiger partial charge is 0.142 e. The maximum absolute atomic E-state index is 10.5. The summed E-state index contributed by atoms with van der Waals surface area (Å²) in [7, 11) is 0. The SMILES string of the molecule is CCCCCNC/C(=C\C=O)CCCCC. The summed E-state index contributed by atoms with van der Waals surface area (Å²) in [5.74, 6) is 0. The highest BCUT2D eigenvalue weighted by atomic mass is 16.1. The van der Waals surface area contributed by atoms with Crippen LogP contribution in [0.3, 0.4) is 0 Å². The van der Waals surface area contributed by atoms with E-state index in [9.17, 15) is 4.79 Å². The molecule has 0 bridgehead atoms. The fraction of sp³-hybridized carbons (Fsp3) is 0.786. The Kier molecular flexibility index (Phi) is 11.9. The zero-order valence-corrected chi connectivity index (χ0v) is 10.9. The predicted molar refractivity (Wildman–Crippen MR) is 70.7 cm³/mol. The van der Waals surface area contributed by atoms with Gasteiger partial charge in [0.2, 0.25) is 0 Å². The highest BCUT2D eigenvalue weighted by molar-refractivity contribution is 5.66. The molecule has 0 aliphatic carbocycles. The van der Waals surface area contributed by atoms with Crippen LogP contribution in [0.15, 0.2) is 11.6 Å². The van der Waals surface area contributed by atoms with Gasteiger partial charge in [-0.05, 0) is 31.9 Å². The molecule has 0 aliphatic rings. The second-order valence-electron chi connectivity index (χ2n) is 4.30. The number of hydrogen-bond donors (Lipinski definition) is 1. The highest BCUT2D eigenvalue weighted by Crippen LogP contribution is 2.07. The fourth-order valence-electron chi connectivity index (χ4n) is 1.68. The molecule has 94 valence electrons. The number of nitrogens with one attached hydrogen (secondary N) is 1. The Morgan fingerprint density at radius 2 is 1.75 bits per heavy atom. The third kappa shape index (κ3) is 9.91. The molecule has 16 heavy (non-hydrogen) atoms. The van der Waals surface area contributed by atoms with Crippen LogP contribution >= 0.6 is 0 Å². The van der Waals surface area contributed by atoms with Crippen LogP contribution in [0.25, 0.3) is 0 Å². The number of aldehydes is 1. The Hall–Kier alpha value is -0.630. The number of hydrogen-bond acceptors (Lipinski definition) is 2. The summed E-state index contributed by atoms with van der Waals surface area (Å²) in [5.41, 5.74) is 1.25. The van der Waals surface area contributed by atoms with Crippen LogP contribution in [0.2, 0.25) is 0 Å². The molecule has 0 aromatic heterocycles. The first kappa shape index (κ1) is 15.4. The summed E-state index contributed by atoms with van der Waals surface area (Å²) in [5, 5.41) is 3.40. The zero-order chi connectivity index (χ0) is 12.1. The molecular formula is C14H27NO. The monoisotopic (exact) mass is 225 g/mol. The number of unbranched alkanes of at least 4 members (excludes halogenated alkanes) is 4. The Labute approximate surface area is 101 Å². The van der Waals surface area contributed by atoms with Crippen LogP contribution in [0.1, 0.15) is 58.8 Å². The molecule has 0 heterocycles. The molecular weight excluding hydrogens is 198 g/mol. The molecule has 0 amide bonds. The van der Waals surface area contributed by atoms with Gasteiger partial charge in [-0.1, -0.05) is 45.1 Å². The minimum Gasteiger partial charge on any atom is -0.313 e. The number of carbonyl (C=O) groups is 1. The van der Waals surface area contributed by atoms with Crippen molar-refractivity contribution in [3.63, 3.8) is 0 Å². The molecule has 0 aliphatic heterocycles. The molecule has 0 rings (SSSR count). The largest absolute Gasteiger partial charge is 0.313 e. The molecule has 0 fully saturated rings.